The van der Waals surface area contributed by atoms with Crippen molar-refractivity contribution in [3.05, 3.63) is 75.3 Å². The first-order chi connectivity index (χ1) is 16.0. The van der Waals surface area contributed by atoms with Crippen molar-refractivity contribution >= 4 is 28.7 Å². The molecule has 1 amide bonds. The zero-order valence-electron chi connectivity index (χ0n) is 18.0. The van der Waals surface area contributed by atoms with Crippen LogP contribution in [0.2, 0.25) is 5.02 Å². The Labute approximate surface area is 193 Å². The van der Waals surface area contributed by atoms with E-state index >= 15 is 0 Å². The van der Waals surface area contributed by atoms with Gasteiger partial charge in [-0.05, 0) is 35.4 Å². The number of aromatic nitrogens is 5. The van der Waals surface area contributed by atoms with Crippen molar-refractivity contribution in [3.8, 4) is 11.5 Å². The summed E-state index contributed by atoms with van der Waals surface area (Å²) in [6.45, 7) is 0.454. The van der Waals surface area contributed by atoms with Gasteiger partial charge in [0.15, 0.2) is 22.7 Å². The van der Waals surface area contributed by atoms with Crippen molar-refractivity contribution < 1.29 is 14.3 Å². The Morgan fingerprint density at radius 3 is 2.52 bits per heavy atom. The molecule has 1 N–H and O–H groups in total. The van der Waals surface area contributed by atoms with Crippen LogP contribution in [-0.2, 0) is 24.4 Å². The standard InChI is InChI=1S/C22H21ClN6O4/c1-32-17-8-5-15(9-18(17)33-2)10-24-19(30)12-28-13-25-21-20(22(28)31)26-27-29(21)11-14-3-6-16(23)7-4-14/h3-9,13H,10-12H2,1-2H3,(H,24,30). The maximum atomic E-state index is 12.8. The van der Waals surface area contributed by atoms with Gasteiger partial charge in [-0.15, -0.1) is 5.10 Å². The van der Waals surface area contributed by atoms with Gasteiger partial charge in [-0.1, -0.05) is 35.0 Å². The van der Waals surface area contributed by atoms with Gasteiger partial charge >= 0.3 is 0 Å². The SMILES string of the molecule is COc1ccc(CNC(=O)Cn2cnc3c(nnn3Cc3ccc(Cl)cc3)c2=O)cc1OC. The van der Waals surface area contributed by atoms with Crippen molar-refractivity contribution in [1.29, 1.82) is 0 Å². The lowest BCUT2D eigenvalue weighted by Crippen LogP contribution is -2.32. The van der Waals surface area contributed by atoms with Crippen molar-refractivity contribution in [2.24, 2.45) is 0 Å². The van der Waals surface area contributed by atoms with Crippen LogP contribution in [0.15, 0.2) is 53.6 Å². The predicted molar refractivity (Wildman–Crippen MR) is 122 cm³/mol. The van der Waals surface area contributed by atoms with Gasteiger partial charge in [0.1, 0.15) is 12.9 Å². The highest BCUT2D eigenvalue weighted by Crippen LogP contribution is 2.27. The van der Waals surface area contributed by atoms with Crippen molar-refractivity contribution in [2.45, 2.75) is 19.6 Å². The van der Waals surface area contributed by atoms with Gasteiger partial charge in [0.25, 0.3) is 5.56 Å². The van der Waals surface area contributed by atoms with E-state index in [-0.39, 0.29) is 24.5 Å². The smallest absolute Gasteiger partial charge is 0.283 e. The summed E-state index contributed by atoms with van der Waals surface area (Å²) >= 11 is 5.92. The molecule has 0 radical (unpaired) electrons. The molecule has 4 aromatic rings. The number of methoxy groups -OCH3 is 2. The molecule has 33 heavy (non-hydrogen) atoms. The Hall–Kier alpha value is -3.92. The molecule has 2 aromatic heterocycles. The van der Waals surface area contributed by atoms with Crippen LogP contribution in [0.3, 0.4) is 0 Å². The number of halogens is 1. The summed E-state index contributed by atoms with van der Waals surface area (Å²) in [4.78, 5) is 29.5. The van der Waals surface area contributed by atoms with Crippen molar-refractivity contribution in [1.82, 2.24) is 29.9 Å². The number of carbonyl (C=O) groups is 1. The van der Waals surface area contributed by atoms with Crippen LogP contribution in [0.4, 0.5) is 0 Å². The van der Waals surface area contributed by atoms with Gasteiger partial charge in [0.05, 0.1) is 20.8 Å². The molecule has 4 rings (SSSR count). The second-order valence-corrected chi connectivity index (χ2v) is 7.63. The molecule has 0 aliphatic rings. The Balaban J connectivity index is 1.44. The first-order valence-corrected chi connectivity index (χ1v) is 10.4. The van der Waals surface area contributed by atoms with Gasteiger partial charge in [-0.3, -0.25) is 14.2 Å². The van der Waals surface area contributed by atoms with E-state index in [1.54, 1.807) is 38.5 Å². The summed E-state index contributed by atoms with van der Waals surface area (Å²) in [7, 11) is 3.10. The molecule has 0 saturated heterocycles. The Morgan fingerprint density at radius 2 is 1.79 bits per heavy atom. The second kappa shape index (κ2) is 9.70. The molecule has 2 heterocycles. The minimum atomic E-state index is -0.441. The summed E-state index contributed by atoms with van der Waals surface area (Å²) in [5.74, 6) is 0.820. The molecular weight excluding hydrogens is 448 g/mol. The molecule has 0 aliphatic carbocycles. The number of ether oxygens (including phenoxy) is 2. The van der Waals surface area contributed by atoms with E-state index in [4.69, 9.17) is 21.1 Å². The minimum Gasteiger partial charge on any atom is -0.493 e. The van der Waals surface area contributed by atoms with Gasteiger partial charge in [0.2, 0.25) is 5.91 Å². The Morgan fingerprint density at radius 1 is 1.06 bits per heavy atom. The van der Waals surface area contributed by atoms with Gasteiger partial charge in [-0.25, -0.2) is 9.67 Å². The van der Waals surface area contributed by atoms with E-state index < -0.39 is 5.56 Å². The number of rotatable bonds is 8. The number of hydrogen-bond acceptors (Lipinski definition) is 7. The molecule has 0 saturated carbocycles. The molecule has 11 heteroatoms. The van der Waals surface area contributed by atoms with Gasteiger partial charge in [-0.2, -0.15) is 0 Å². The fraction of sp³-hybridized carbons (Fsp3) is 0.227. The van der Waals surface area contributed by atoms with Crippen LogP contribution in [0.25, 0.3) is 11.2 Å². The van der Waals surface area contributed by atoms with Crippen LogP contribution in [0, 0.1) is 0 Å². The summed E-state index contributed by atoms with van der Waals surface area (Å²) in [5, 5.41) is 11.4. The molecule has 0 spiro atoms. The summed E-state index contributed by atoms with van der Waals surface area (Å²) < 4.78 is 13.2. The van der Waals surface area contributed by atoms with Crippen LogP contribution < -0.4 is 20.3 Å². The Bertz CT molecular complexity index is 1350. The largest absolute Gasteiger partial charge is 0.493 e. The lowest BCUT2D eigenvalue weighted by atomic mass is 10.2. The fourth-order valence-electron chi connectivity index (χ4n) is 3.27. The molecule has 170 valence electrons. The molecule has 2 aromatic carbocycles. The van der Waals surface area contributed by atoms with Crippen molar-refractivity contribution in [2.75, 3.05) is 14.2 Å². The molecular formula is C22H21ClN6O4. The van der Waals surface area contributed by atoms with E-state index in [2.05, 4.69) is 20.6 Å². The molecule has 0 fully saturated rings. The van der Waals surface area contributed by atoms with Gasteiger partial charge < -0.3 is 14.8 Å². The fourth-order valence-corrected chi connectivity index (χ4v) is 3.40. The summed E-state index contributed by atoms with van der Waals surface area (Å²) in [6.07, 6.45) is 1.32. The summed E-state index contributed by atoms with van der Waals surface area (Å²) in [6, 6.07) is 12.6. The molecule has 0 unspecified atom stereocenters. The van der Waals surface area contributed by atoms with Crippen LogP contribution >= 0.6 is 11.6 Å². The molecule has 0 aliphatic heterocycles. The molecule has 0 bridgehead atoms. The van der Waals surface area contributed by atoms with E-state index in [9.17, 15) is 9.59 Å². The number of nitrogens with one attached hydrogen (secondary N) is 1. The third-order valence-electron chi connectivity index (χ3n) is 4.99. The van der Waals surface area contributed by atoms with Crippen LogP contribution in [0.5, 0.6) is 11.5 Å². The van der Waals surface area contributed by atoms with E-state index in [0.717, 1.165) is 11.1 Å². The lowest BCUT2D eigenvalue weighted by molar-refractivity contribution is -0.121. The maximum Gasteiger partial charge on any atom is 0.283 e. The number of carbonyl (C=O) groups excluding carboxylic acids is 1. The molecule has 0 atom stereocenters. The second-order valence-electron chi connectivity index (χ2n) is 7.19. The molecule has 10 nitrogen and oxygen atoms in total. The highest BCUT2D eigenvalue weighted by Gasteiger charge is 2.14. The minimum absolute atomic E-state index is 0.0964. The number of hydrogen-bond donors (Lipinski definition) is 1. The number of nitrogens with zero attached hydrogens (tertiary/aromatic N) is 5. The monoisotopic (exact) mass is 468 g/mol. The normalized spacial score (nSPS) is 10.9. The van der Waals surface area contributed by atoms with E-state index in [0.29, 0.717) is 28.7 Å². The predicted octanol–water partition coefficient (Wildman–Crippen LogP) is 2.02. The van der Waals surface area contributed by atoms with E-state index in [1.165, 1.54) is 15.6 Å². The Kier molecular flexibility index (Phi) is 6.55. The first-order valence-electron chi connectivity index (χ1n) is 9.99. The first kappa shape index (κ1) is 22.3. The average Bonchev–Trinajstić information content (AvgIpc) is 3.24. The quantitative estimate of drug-likeness (QED) is 0.421. The lowest BCUT2D eigenvalue weighted by Gasteiger charge is -2.11. The average molecular weight is 469 g/mol. The highest BCUT2D eigenvalue weighted by atomic mass is 35.5. The summed E-state index contributed by atoms with van der Waals surface area (Å²) in [5.41, 5.74) is 1.76. The number of amides is 1. The number of fused-ring (bicyclic) bond motifs is 1. The van der Waals surface area contributed by atoms with Crippen molar-refractivity contribution in [3.63, 3.8) is 0 Å². The van der Waals surface area contributed by atoms with Gasteiger partial charge in [0, 0.05) is 11.6 Å². The van der Waals surface area contributed by atoms with Crippen LogP contribution in [0.1, 0.15) is 11.1 Å². The maximum absolute atomic E-state index is 12.8. The zero-order valence-corrected chi connectivity index (χ0v) is 18.7. The highest BCUT2D eigenvalue weighted by molar-refractivity contribution is 6.30. The number of benzene rings is 2. The zero-order chi connectivity index (χ0) is 23.4. The van der Waals surface area contributed by atoms with E-state index in [1.807, 2.05) is 18.2 Å². The topological polar surface area (TPSA) is 113 Å². The van der Waals surface area contributed by atoms with Crippen LogP contribution in [-0.4, -0.2) is 44.7 Å². The third kappa shape index (κ3) is 4.96. The third-order valence-corrected chi connectivity index (χ3v) is 5.24.